The van der Waals surface area contributed by atoms with Crippen LogP contribution >= 0.6 is 0 Å². The van der Waals surface area contributed by atoms with Crippen LogP contribution in [0.3, 0.4) is 0 Å². The number of nitrogens with zero attached hydrogens (tertiary/aromatic N) is 8. The average molecular weight is 438 g/mol. The van der Waals surface area contributed by atoms with E-state index in [0.717, 1.165) is 4.52 Å². The second kappa shape index (κ2) is 6.83. The van der Waals surface area contributed by atoms with E-state index in [1.165, 1.54) is 42.5 Å². The second-order valence-corrected chi connectivity index (χ2v) is 8.42. The van der Waals surface area contributed by atoms with Crippen LogP contribution in [-0.4, -0.2) is 53.5 Å². The molecule has 0 radical (unpaired) electrons. The third-order valence-electron chi connectivity index (χ3n) is 4.13. The van der Waals surface area contributed by atoms with Crippen molar-refractivity contribution < 1.29 is 21.6 Å². The molecule has 0 saturated heterocycles. The number of pyridine rings is 1. The minimum absolute atomic E-state index is 0.0171. The first-order chi connectivity index (χ1) is 14.1. The van der Waals surface area contributed by atoms with Gasteiger partial charge in [0.25, 0.3) is 11.6 Å². The number of halogens is 3. The number of hydrogen-bond acceptors (Lipinski definition) is 8. The zero-order valence-electron chi connectivity index (χ0n) is 15.5. The summed E-state index contributed by atoms with van der Waals surface area (Å²) in [5, 5.41) is 7.45. The van der Waals surface area contributed by atoms with Crippen molar-refractivity contribution in [2.75, 3.05) is 5.75 Å². The molecule has 0 aliphatic heterocycles. The van der Waals surface area contributed by atoms with Gasteiger partial charge in [-0.05, 0) is 19.1 Å². The molecule has 0 N–H and O–H groups in total. The summed E-state index contributed by atoms with van der Waals surface area (Å²) in [5.74, 6) is -1.42. The first-order valence-corrected chi connectivity index (χ1v) is 10.2. The van der Waals surface area contributed by atoms with E-state index < -0.39 is 21.8 Å². The number of aromatic nitrogens is 8. The third-order valence-corrected chi connectivity index (χ3v) is 5.87. The minimum Gasteiger partial charge on any atom is -0.251 e. The fourth-order valence-electron chi connectivity index (χ4n) is 2.64. The number of alkyl halides is 3. The van der Waals surface area contributed by atoms with Crippen LogP contribution in [0.1, 0.15) is 18.6 Å². The number of rotatable bonds is 4. The average Bonchev–Trinajstić information content (AvgIpc) is 3.33. The highest BCUT2D eigenvalue weighted by molar-refractivity contribution is 7.91. The summed E-state index contributed by atoms with van der Waals surface area (Å²) >= 11 is 0. The zero-order valence-corrected chi connectivity index (χ0v) is 16.3. The van der Waals surface area contributed by atoms with E-state index in [1.807, 2.05) is 0 Å². The van der Waals surface area contributed by atoms with Gasteiger partial charge in [0, 0.05) is 6.20 Å². The van der Waals surface area contributed by atoms with E-state index in [1.54, 1.807) is 6.92 Å². The summed E-state index contributed by atoms with van der Waals surface area (Å²) in [6.07, 6.45) is -0.748. The van der Waals surface area contributed by atoms with Crippen LogP contribution in [0, 0.1) is 6.92 Å². The summed E-state index contributed by atoms with van der Waals surface area (Å²) in [6, 6.07) is 2.68. The van der Waals surface area contributed by atoms with Crippen molar-refractivity contribution in [2.45, 2.75) is 24.9 Å². The number of hydrogen-bond donors (Lipinski definition) is 0. The molecular formula is C16H13F3N8O2S. The van der Waals surface area contributed by atoms with Crippen LogP contribution in [-0.2, 0) is 16.0 Å². The molecule has 0 aliphatic rings. The topological polar surface area (TPSA) is 121 Å². The third kappa shape index (κ3) is 3.49. The van der Waals surface area contributed by atoms with Gasteiger partial charge in [0.15, 0.2) is 9.84 Å². The van der Waals surface area contributed by atoms with Crippen LogP contribution < -0.4 is 0 Å². The summed E-state index contributed by atoms with van der Waals surface area (Å²) in [5.41, 5.74) is 0.378. The lowest BCUT2D eigenvalue weighted by Crippen LogP contribution is -2.09. The monoisotopic (exact) mass is 438 g/mol. The Labute approximate surface area is 167 Å². The van der Waals surface area contributed by atoms with Crippen molar-refractivity contribution in [3.8, 4) is 17.1 Å². The van der Waals surface area contributed by atoms with Gasteiger partial charge < -0.3 is 0 Å². The van der Waals surface area contributed by atoms with Gasteiger partial charge in [-0.2, -0.15) is 23.3 Å². The maximum atomic E-state index is 12.9. The van der Waals surface area contributed by atoms with Crippen molar-refractivity contribution in [2.24, 2.45) is 0 Å². The fourth-order valence-corrected chi connectivity index (χ4v) is 3.71. The molecule has 4 aromatic rings. The van der Waals surface area contributed by atoms with Gasteiger partial charge in [0.2, 0.25) is 0 Å². The predicted molar refractivity (Wildman–Crippen MR) is 96.4 cm³/mol. The van der Waals surface area contributed by atoms with E-state index in [9.17, 15) is 21.6 Å². The van der Waals surface area contributed by atoms with Crippen molar-refractivity contribution in [3.63, 3.8) is 0 Å². The lowest BCUT2D eigenvalue weighted by molar-refractivity contribution is -0.144. The predicted octanol–water partition coefficient (Wildman–Crippen LogP) is 1.89. The molecule has 0 fully saturated rings. The smallest absolute Gasteiger partial charge is 0.251 e. The molecule has 0 atom stereocenters. The van der Waals surface area contributed by atoms with Gasteiger partial charge >= 0.3 is 6.18 Å². The van der Waals surface area contributed by atoms with Gasteiger partial charge in [0.05, 0.1) is 28.2 Å². The number of fused-ring (bicyclic) bond motifs is 1. The lowest BCUT2D eigenvalue weighted by atomic mass is 10.2. The molecule has 156 valence electrons. The van der Waals surface area contributed by atoms with Gasteiger partial charge in [-0.1, -0.05) is 6.92 Å². The Morgan fingerprint density at radius 1 is 1.13 bits per heavy atom. The number of aryl methyl sites for hydroxylation is 1. The van der Waals surface area contributed by atoms with Crippen molar-refractivity contribution >= 4 is 15.6 Å². The van der Waals surface area contributed by atoms with Crippen LogP contribution in [0.25, 0.3) is 22.9 Å². The zero-order chi connectivity index (χ0) is 21.7. The van der Waals surface area contributed by atoms with Crippen LogP contribution in [0.5, 0.6) is 0 Å². The molecule has 0 unspecified atom stereocenters. The minimum atomic E-state index is -4.74. The molecule has 10 nitrogen and oxygen atoms in total. The van der Waals surface area contributed by atoms with Crippen molar-refractivity contribution in [1.82, 2.24) is 39.3 Å². The summed E-state index contributed by atoms with van der Waals surface area (Å²) in [6.45, 7) is 3.14. The summed E-state index contributed by atoms with van der Waals surface area (Å²) in [7, 11) is -3.76. The molecule has 4 rings (SSSR count). The molecule has 0 amide bonds. The van der Waals surface area contributed by atoms with Gasteiger partial charge in [-0.15, -0.1) is 5.10 Å². The van der Waals surface area contributed by atoms with Gasteiger partial charge in [-0.25, -0.2) is 27.6 Å². The van der Waals surface area contributed by atoms with Crippen LogP contribution in [0.15, 0.2) is 35.7 Å². The Balaban J connectivity index is 1.89. The SMILES string of the molecule is CCS(=O)(=O)c1cc(-n2cnc(C)n2)cnc1-c1ccn2nc(C(F)(F)F)nc2n1. The highest BCUT2D eigenvalue weighted by Gasteiger charge is 2.36. The first kappa shape index (κ1) is 19.9. The molecular weight excluding hydrogens is 425 g/mol. The maximum absolute atomic E-state index is 12.9. The lowest BCUT2D eigenvalue weighted by Gasteiger charge is -2.10. The van der Waals surface area contributed by atoms with E-state index in [-0.39, 0.29) is 27.8 Å². The summed E-state index contributed by atoms with van der Waals surface area (Å²) < 4.78 is 66.2. The molecule has 14 heteroatoms. The molecule has 0 saturated carbocycles. The van der Waals surface area contributed by atoms with E-state index in [2.05, 4.69) is 30.1 Å². The fraction of sp³-hybridized carbons (Fsp3) is 0.250. The van der Waals surface area contributed by atoms with Crippen LogP contribution in [0.4, 0.5) is 13.2 Å². The number of sulfone groups is 1. The maximum Gasteiger partial charge on any atom is 0.453 e. The quantitative estimate of drug-likeness (QED) is 0.474. The molecule has 0 aromatic carbocycles. The van der Waals surface area contributed by atoms with E-state index >= 15 is 0 Å². The van der Waals surface area contributed by atoms with E-state index in [0.29, 0.717) is 11.5 Å². The van der Waals surface area contributed by atoms with Crippen molar-refractivity contribution in [1.29, 1.82) is 0 Å². The molecule has 0 spiro atoms. The standard InChI is InChI=1S/C16H13F3N8O2S/c1-3-30(28,29)12-6-10(27-8-21-9(2)24-27)7-20-13(12)11-4-5-26-15(22-11)23-14(25-26)16(17,18)19/h4-8H,3H2,1-2H3. The highest BCUT2D eigenvalue weighted by Crippen LogP contribution is 2.29. The normalized spacial score (nSPS) is 12.6. The Kier molecular flexibility index (Phi) is 4.52. The second-order valence-electron chi connectivity index (χ2n) is 6.17. The van der Waals surface area contributed by atoms with Gasteiger partial charge in [-0.3, -0.25) is 4.98 Å². The van der Waals surface area contributed by atoms with Crippen molar-refractivity contribution in [3.05, 3.63) is 42.5 Å². The highest BCUT2D eigenvalue weighted by atomic mass is 32.2. The van der Waals surface area contributed by atoms with E-state index in [4.69, 9.17) is 0 Å². The summed E-state index contributed by atoms with van der Waals surface area (Å²) in [4.78, 5) is 15.4. The molecule has 30 heavy (non-hydrogen) atoms. The Morgan fingerprint density at radius 3 is 2.53 bits per heavy atom. The Hall–Kier alpha value is -3.42. The Morgan fingerprint density at radius 2 is 1.90 bits per heavy atom. The molecule has 0 aliphatic carbocycles. The van der Waals surface area contributed by atoms with Gasteiger partial charge in [0.1, 0.15) is 17.8 Å². The Bertz CT molecular complexity index is 1360. The van der Waals surface area contributed by atoms with Crippen LogP contribution in [0.2, 0.25) is 0 Å². The largest absolute Gasteiger partial charge is 0.453 e. The molecule has 4 heterocycles. The first-order valence-electron chi connectivity index (χ1n) is 8.51. The molecule has 0 bridgehead atoms. The molecule has 4 aromatic heterocycles.